The van der Waals surface area contributed by atoms with Gasteiger partial charge in [0.15, 0.2) is 11.0 Å². The average Bonchev–Trinajstić information content (AvgIpc) is 3.23. The number of anilines is 1. The van der Waals surface area contributed by atoms with Gasteiger partial charge in [0.2, 0.25) is 5.91 Å². The fourth-order valence-electron chi connectivity index (χ4n) is 3.48. The number of carbonyl (C=O) groups is 2. The van der Waals surface area contributed by atoms with Gasteiger partial charge in [-0.3, -0.25) is 9.59 Å². The van der Waals surface area contributed by atoms with E-state index >= 15 is 0 Å². The molecule has 9 heteroatoms. The van der Waals surface area contributed by atoms with Crippen LogP contribution < -0.4 is 15.4 Å². The summed E-state index contributed by atoms with van der Waals surface area (Å²) in [5.41, 5.74) is 2.39. The van der Waals surface area contributed by atoms with Gasteiger partial charge in [0.1, 0.15) is 5.75 Å². The van der Waals surface area contributed by atoms with E-state index in [0.717, 1.165) is 11.3 Å². The van der Waals surface area contributed by atoms with E-state index in [1.807, 2.05) is 56.5 Å². The van der Waals surface area contributed by atoms with Gasteiger partial charge in [-0.25, -0.2) is 0 Å². The minimum Gasteiger partial charge on any atom is -0.497 e. The Bertz CT molecular complexity index is 1130. The lowest BCUT2D eigenvalue weighted by molar-refractivity contribution is -0.113. The van der Waals surface area contributed by atoms with E-state index in [-0.39, 0.29) is 29.5 Å². The first-order chi connectivity index (χ1) is 16.3. The van der Waals surface area contributed by atoms with Gasteiger partial charge in [-0.15, -0.1) is 10.2 Å². The molecule has 0 bridgehead atoms. The van der Waals surface area contributed by atoms with Crippen molar-refractivity contribution in [3.8, 4) is 5.75 Å². The molecule has 0 aliphatic rings. The van der Waals surface area contributed by atoms with Crippen molar-refractivity contribution in [2.45, 2.75) is 45.4 Å². The zero-order valence-corrected chi connectivity index (χ0v) is 21.0. The number of hydrogen-bond donors (Lipinski definition) is 2. The Morgan fingerprint density at radius 2 is 1.85 bits per heavy atom. The summed E-state index contributed by atoms with van der Waals surface area (Å²) in [6, 6.07) is 14.3. The SMILES string of the molecule is CCn1c(SCC(=O)Nc2cccc(C)c2)nnc1[C@@H](NC(=O)c1ccc(OC)cc1)C(C)C. The fraction of sp³-hybridized carbons (Fsp3) is 0.360. The fourth-order valence-corrected chi connectivity index (χ4v) is 4.29. The van der Waals surface area contributed by atoms with Crippen LogP contribution in [0.1, 0.15) is 48.6 Å². The highest BCUT2D eigenvalue weighted by Crippen LogP contribution is 2.26. The molecule has 0 unspecified atom stereocenters. The maximum atomic E-state index is 12.9. The number of rotatable bonds is 10. The molecule has 1 atom stereocenters. The molecule has 2 aromatic carbocycles. The van der Waals surface area contributed by atoms with Crippen LogP contribution in [0.5, 0.6) is 5.75 Å². The highest BCUT2D eigenvalue weighted by Gasteiger charge is 2.26. The summed E-state index contributed by atoms with van der Waals surface area (Å²) in [7, 11) is 1.59. The van der Waals surface area contributed by atoms with E-state index in [4.69, 9.17) is 4.74 Å². The molecule has 8 nitrogen and oxygen atoms in total. The van der Waals surface area contributed by atoms with Gasteiger partial charge in [0.25, 0.3) is 5.91 Å². The van der Waals surface area contributed by atoms with Crippen LogP contribution in [0.15, 0.2) is 53.7 Å². The summed E-state index contributed by atoms with van der Waals surface area (Å²) >= 11 is 1.32. The van der Waals surface area contributed by atoms with E-state index in [1.165, 1.54) is 11.8 Å². The number of thioether (sulfide) groups is 1. The van der Waals surface area contributed by atoms with Crippen LogP contribution in [-0.2, 0) is 11.3 Å². The highest BCUT2D eigenvalue weighted by atomic mass is 32.2. The predicted molar refractivity (Wildman–Crippen MR) is 134 cm³/mol. The Balaban J connectivity index is 1.70. The van der Waals surface area contributed by atoms with Crippen molar-refractivity contribution in [2.24, 2.45) is 5.92 Å². The van der Waals surface area contributed by atoms with Crippen molar-refractivity contribution < 1.29 is 14.3 Å². The molecule has 3 aromatic rings. The molecule has 180 valence electrons. The van der Waals surface area contributed by atoms with E-state index < -0.39 is 0 Å². The molecule has 1 heterocycles. The second-order valence-corrected chi connectivity index (χ2v) is 9.16. The van der Waals surface area contributed by atoms with Crippen molar-refractivity contribution >= 4 is 29.3 Å². The van der Waals surface area contributed by atoms with Gasteiger partial charge in [-0.2, -0.15) is 0 Å². The summed E-state index contributed by atoms with van der Waals surface area (Å²) < 4.78 is 7.11. The molecule has 2 N–H and O–H groups in total. The standard InChI is InChI=1S/C25H31N5O3S/c1-6-30-23(22(16(2)3)27-24(32)18-10-12-20(33-5)13-11-18)28-29-25(30)34-15-21(31)26-19-9-7-8-17(4)14-19/h7-14,16,22H,6,15H2,1-5H3,(H,26,31)(H,27,32)/t22-/m0/s1. The van der Waals surface area contributed by atoms with Crippen LogP contribution in [0.2, 0.25) is 0 Å². The first-order valence-electron chi connectivity index (χ1n) is 11.2. The lowest BCUT2D eigenvalue weighted by Gasteiger charge is -2.22. The third-order valence-electron chi connectivity index (χ3n) is 5.28. The van der Waals surface area contributed by atoms with Crippen LogP contribution in [-0.4, -0.2) is 39.4 Å². The molecule has 0 aliphatic carbocycles. The smallest absolute Gasteiger partial charge is 0.251 e. The Hall–Kier alpha value is -3.33. The maximum Gasteiger partial charge on any atom is 0.251 e. The summed E-state index contributed by atoms with van der Waals surface area (Å²) in [6.07, 6.45) is 0. The van der Waals surface area contributed by atoms with Crippen molar-refractivity contribution in [1.29, 1.82) is 0 Å². The van der Waals surface area contributed by atoms with Crippen LogP contribution >= 0.6 is 11.8 Å². The summed E-state index contributed by atoms with van der Waals surface area (Å²) in [4.78, 5) is 25.3. The number of nitrogens with zero attached hydrogens (tertiary/aromatic N) is 3. The lowest BCUT2D eigenvalue weighted by Crippen LogP contribution is -2.33. The van der Waals surface area contributed by atoms with Gasteiger partial charge >= 0.3 is 0 Å². The van der Waals surface area contributed by atoms with Crippen molar-refractivity contribution in [3.63, 3.8) is 0 Å². The number of hydrogen-bond acceptors (Lipinski definition) is 6. The van der Waals surface area contributed by atoms with Crippen LogP contribution in [0.25, 0.3) is 0 Å². The monoisotopic (exact) mass is 481 g/mol. The molecular weight excluding hydrogens is 450 g/mol. The number of benzene rings is 2. The molecule has 3 rings (SSSR count). The third-order valence-corrected chi connectivity index (χ3v) is 6.25. The zero-order chi connectivity index (χ0) is 24.7. The first kappa shape index (κ1) is 25.3. The van der Waals surface area contributed by atoms with Crippen molar-refractivity contribution in [2.75, 3.05) is 18.2 Å². The summed E-state index contributed by atoms with van der Waals surface area (Å²) in [6.45, 7) is 8.64. The van der Waals surface area contributed by atoms with Crippen LogP contribution in [0, 0.1) is 12.8 Å². The minimum absolute atomic E-state index is 0.0826. The van der Waals surface area contributed by atoms with Gasteiger partial charge in [-0.1, -0.05) is 37.7 Å². The zero-order valence-electron chi connectivity index (χ0n) is 20.2. The Morgan fingerprint density at radius 3 is 2.47 bits per heavy atom. The number of amides is 2. The Morgan fingerprint density at radius 1 is 1.12 bits per heavy atom. The average molecular weight is 482 g/mol. The molecular formula is C25H31N5O3S. The van der Waals surface area contributed by atoms with E-state index in [2.05, 4.69) is 20.8 Å². The number of carbonyl (C=O) groups excluding carboxylic acids is 2. The molecule has 0 fully saturated rings. The number of methoxy groups -OCH3 is 1. The predicted octanol–water partition coefficient (Wildman–Crippen LogP) is 4.47. The van der Waals surface area contributed by atoms with Gasteiger partial charge in [0, 0.05) is 17.8 Å². The van der Waals surface area contributed by atoms with Crippen LogP contribution in [0.3, 0.4) is 0 Å². The lowest BCUT2D eigenvalue weighted by atomic mass is 10.0. The summed E-state index contributed by atoms with van der Waals surface area (Å²) in [5, 5.41) is 15.3. The number of aromatic nitrogens is 3. The molecule has 1 aromatic heterocycles. The van der Waals surface area contributed by atoms with Crippen molar-refractivity contribution in [3.05, 3.63) is 65.5 Å². The second-order valence-electron chi connectivity index (χ2n) is 8.22. The Kier molecular flexibility index (Phi) is 8.70. The van der Waals surface area contributed by atoms with E-state index in [9.17, 15) is 9.59 Å². The number of ether oxygens (including phenoxy) is 1. The van der Waals surface area contributed by atoms with Gasteiger partial charge in [0.05, 0.1) is 18.9 Å². The van der Waals surface area contributed by atoms with Gasteiger partial charge < -0.3 is 19.9 Å². The topological polar surface area (TPSA) is 98.1 Å². The molecule has 0 saturated heterocycles. The third kappa shape index (κ3) is 6.38. The van der Waals surface area contributed by atoms with Crippen LogP contribution in [0.4, 0.5) is 5.69 Å². The Labute approximate surface area is 204 Å². The molecule has 0 spiro atoms. The van der Waals surface area contributed by atoms with Gasteiger partial charge in [-0.05, 0) is 61.7 Å². The number of nitrogens with one attached hydrogen (secondary N) is 2. The second kappa shape index (κ2) is 11.7. The maximum absolute atomic E-state index is 12.9. The number of aryl methyl sites for hydroxylation is 1. The molecule has 2 amide bonds. The largest absolute Gasteiger partial charge is 0.497 e. The quantitative estimate of drug-likeness (QED) is 0.415. The molecule has 34 heavy (non-hydrogen) atoms. The minimum atomic E-state index is -0.336. The van der Waals surface area contributed by atoms with E-state index in [1.54, 1.807) is 31.4 Å². The summed E-state index contributed by atoms with van der Waals surface area (Å²) in [5.74, 6) is 1.34. The molecule has 0 saturated carbocycles. The normalized spacial score (nSPS) is 11.8. The molecule has 0 aliphatic heterocycles. The highest BCUT2D eigenvalue weighted by molar-refractivity contribution is 7.99. The van der Waals surface area contributed by atoms with Crippen molar-refractivity contribution in [1.82, 2.24) is 20.1 Å². The first-order valence-corrected chi connectivity index (χ1v) is 12.2. The molecule has 0 radical (unpaired) electrons. The van der Waals surface area contributed by atoms with E-state index in [0.29, 0.717) is 28.8 Å².